The molecule has 1 amide bonds. The van der Waals surface area contributed by atoms with Crippen LogP contribution >= 0.6 is 0 Å². The first-order valence-corrected chi connectivity index (χ1v) is 4.86. The number of nitrogens with zero attached hydrogens (tertiary/aromatic N) is 1. The molecule has 3 N–H and O–H groups in total. The summed E-state index contributed by atoms with van der Waals surface area (Å²) in [5.41, 5.74) is 5.52. The highest BCUT2D eigenvalue weighted by atomic mass is 16.3. The summed E-state index contributed by atoms with van der Waals surface area (Å²) in [7, 11) is 0. The fraction of sp³-hybridized carbons (Fsp3) is 0.889. The molecule has 1 unspecified atom stereocenters. The largest absolute Gasteiger partial charge is 0.396 e. The van der Waals surface area contributed by atoms with E-state index in [4.69, 9.17) is 10.8 Å². The van der Waals surface area contributed by atoms with Gasteiger partial charge in [-0.25, -0.2) is 0 Å². The predicted octanol–water partition coefficient (Wildman–Crippen LogP) is -0.434. The van der Waals surface area contributed by atoms with E-state index in [0.29, 0.717) is 25.3 Å². The molecule has 4 heteroatoms. The molecular formula is C9H18N2O2. The Labute approximate surface area is 78.7 Å². The molecule has 1 fully saturated rings. The molecule has 0 aromatic heterocycles. The topological polar surface area (TPSA) is 66.6 Å². The maximum Gasteiger partial charge on any atom is 0.222 e. The monoisotopic (exact) mass is 186 g/mol. The SMILES string of the molecule is NCC1CCN(C(=O)CCCO)C1. The summed E-state index contributed by atoms with van der Waals surface area (Å²) >= 11 is 0. The smallest absolute Gasteiger partial charge is 0.222 e. The summed E-state index contributed by atoms with van der Waals surface area (Å²) < 4.78 is 0. The van der Waals surface area contributed by atoms with E-state index in [0.717, 1.165) is 19.5 Å². The lowest BCUT2D eigenvalue weighted by Gasteiger charge is -2.15. The number of hydrogen-bond donors (Lipinski definition) is 2. The minimum atomic E-state index is 0.0971. The average Bonchev–Trinajstić information content (AvgIpc) is 2.62. The van der Waals surface area contributed by atoms with E-state index in [9.17, 15) is 4.79 Å². The number of likely N-dealkylation sites (tertiary alicyclic amines) is 1. The van der Waals surface area contributed by atoms with Crippen LogP contribution in [0.3, 0.4) is 0 Å². The molecular weight excluding hydrogens is 168 g/mol. The van der Waals surface area contributed by atoms with Gasteiger partial charge in [-0.1, -0.05) is 0 Å². The lowest BCUT2D eigenvalue weighted by molar-refractivity contribution is -0.130. The quantitative estimate of drug-likeness (QED) is 0.626. The van der Waals surface area contributed by atoms with Crippen LogP contribution < -0.4 is 5.73 Å². The van der Waals surface area contributed by atoms with Crippen molar-refractivity contribution in [3.8, 4) is 0 Å². The van der Waals surface area contributed by atoms with Crippen molar-refractivity contribution < 1.29 is 9.90 Å². The second-order valence-corrected chi connectivity index (χ2v) is 3.56. The molecule has 13 heavy (non-hydrogen) atoms. The zero-order chi connectivity index (χ0) is 9.68. The Hall–Kier alpha value is -0.610. The van der Waals surface area contributed by atoms with Crippen LogP contribution in [0.2, 0.25) is 0 Å². The summed E-state index contributed by atoms with van der Waals surface area (Å²) in [4.78, 5) is 13.3. The zero-order valence-corrected chi connectivity index (χ0v) is 7.91. The van der Waals surface area contributed by atoms with Crippen molar-refractivity contribution in [2.75, 3.05) is 26.2 Å². The number of carbonyl (C=O) groups excluding carboxylic acids is 1. The van der Waals surface area contributed by atoms with E-state index < -0.39 is 0 Å². The molecule has 0 aromatic rings. The van der Waals surface area contributed by atoms with E-state index in [1.54, 1.807) is 0 Å². The number of carbonyl (C=O) groups is 1. The van der Waals surface area contributed by atoms with Gasteiger partial charge in [0.1, 0.15) is 0 Å². The van der Waals surface area contributed by atoms with E-state index in [1.807, 2.05) is 4.90 Å². The number of aliphatic hydroxyl groups excluding tert-OH is 1. The maximum atomic E-state index is 11.4. The minimum absolute atomic E-state index is 0.0971. The molecule has 1 aliphatic rings. The lowest BCUT2D eigenvalue weighted by Crippen LogP contribution is -2.29. The highest BCUT2D eigenvalue weighted by molar-refractivity contribution is 5.76. The Balaban J connectivity index is 2.25. The third-order valence-corrected chi connectivity index (χ3v) is 2.52. The third kappa shape index (κ3) is 2.97. The van der Waals surface area contributed by atoms with Crippen LogP contribution in [0, 0.1) is 5.92 Å². The molecule has 0 radical (unpaired) electrons. The number of hydrogen-bond acceptors (Lipinski definition) is 3. The Kier molecular flexibility index (Phi) is 4.18. The van der Waals surface area contributed by atoms with Crippen LogP contribution in [0.4, 0.5) is 0 Å². The highest BCUT2D eigenvalue weighted by Crippen LogP contribution is 2.15. The van der Waals surface area contributed by atoms with E-state index in [1.165, 1.54) is 0 Å². The fourth-order valence-corrected chi connectivity index (χ4v) is 1.64. The Morgan fingerprint density at radius 2 is 2.38 bits per heavy atom. The van der Waals surface area contributed by atoms with Crippen molar-refractivity contribution in [3.63, 3.8) is 0 Å². The van der Waals surface area contributed by atoms with Gasteiger partial charge in [0.2, 0.25) is 5.91 Å². The second kappa shape index (κ2) is 5.19. The van der Waals surface area contributed by atoms with E-state index in [2.05, 4.69) is 0 Å². The second-order valence-electron chi connectivity index (χ2n) is 3.56. The number of aliphatic hydroxyl groups is 1. The predicted molar refractivity (Wildman–Crippen MR) is 50.1 cm³/mol. The van der Waals surface area contributed by atoms with Crippen LogP contribution in [0.15, 0.2) is 0 Å². The molecule has 0 spiro atoms. The van der Waals surface area contributed by atoms with Gasteiger partial charge in [0.25, 0.3) is 0 Å². The normalized spacial score (nSPS) is 22.3. The van der Waals surface area contributed by atoms with Gasteiger partial charge < -0.3 is 15.7 Å². The number of nitrogens with two attached hydrogens (primary N) is 1. The first-order valence-electron chi connectivity index (χ1n) is 4.86. The van der Waals surface area contributed by atoms with Gasteiger partial charge in [0.15, 0.2) is 0 Å². The van der Waals surface area contributed by atoms with Gasteiger partial charge in [0.05, 0.1) is 0 Å². The van der Waals surface area contributed by atoms with Crippen molar-refractivity contribution >= 4 is 5.91 Å². The molecule has 0 saturated carbocycles. The van der Waals surface area contributed by atoms with Gasteiger partial charge >= 0.3 is 0 Å². The van der Waals surface area contributed by atoms with Gasteiger partial charge in [-0.2, -0.15) is 0 Å². The summed E-state index contributed by atoms with van der Waals surface area (Å²) in [6, 6.07) is 0. The van der Waals surface area contributed by atoms with Crippen molar-refractivity contribution in [2.45, 2.75) is 19.3 Å². The standard InChI is InChI=1S/C9H18N2O2/c10-6-8-3-4-11(7-8)9(13)2-1-5-12/h8,12H,1-7,10H2. The van der Waals surface area contributed by atoms with Crippen LogP contribution in [0.5, 0.6) is 0 Å². The lowest BCUT2D eigenvalue weighted by atomic mass is 10.1. The van der Waals surface area contributed by atoms with Gasteiger partial charge in [0, 0.05) is 26.1 Å². The number of rotatable bonds is 4. The molecule has 4 nitrogen and oxygen atoms in total. The van der Waals surface area contributed by atoms with E-state index >= 15 is 0 Å². The van der Waals surface area contributed by atoms with Gasteiger partial charge in [-0.05, 0) is 25.3 Å². The summed E-state index contributed by atoms with van der Waals surface area (Å²) in [5.74, 6) is 0.642. The zero-order valence-electron chi connectivity index (χ0n) is 7.91. The molecule has 76 valence electrons. The Bertz CT molecular complexity index is 173. The summed E-state index contributed by atoms with van der Waals surface area (Å²) in [6.07, 6.45) is 2.07. The summed E-state index contributed by atoms with van der Waals surface area (Å²) in [5, 5.41) is 8.57. The third-order valence-electron chi connectivity index (χ3n) is 2.52. The van der Waals surface area contributed by atoms with Crippen molar-refractivity contribution in [3.05, 3.63) is 0 Å². The molecule has 1 heterocycles. The molecule has 1 rings (SSSR count). The molecule has 0 aromatic carbocycles. The van der Waals surface area contributed by atoms with Crippen LogP contribution in [0.1, 0.15) is 19.3 Å². The Morgan fingerprint density at radius 1 is 1.62 bits per heavy atom. The van der Waals surface area contributed by atoms with Crippen LogP contribution in [-0.4, -0.2) is 42.2 Å². The first-order chi connectivity index (χ1) is 6.27. The fourth-order valence-electron chi connectivity index (χ4n) is 1.64. The molecule has 1 atom stereocenters. The van der Waals surface area contributed by atoms with E-state index in [-0.39, 0.29) is 12.5 Å². The van der Waals surface area contributed by atoms with Gasteiger partial charge in [-0.3, -0.25) is 4.79 Å². The van der Waals surface area contributed by atoms with Gasteiger partial charge in [-0.15, -0.1) is 0 Å². The van der Waals surface area contributed by atoms with Crippen molar-refractivity contribution in [1.82, 2.24) is 4.90 Å². The molecule has 1 saturated heterocycles. The molecule has 0 aliphatic carbocycles. The van der Waals surface area contributed by atoms with Crippen molar-refractivity contribution in [1.29, 1.82) is 0 Å². The molecule has 1 aliphatic heterocycles. The average molecular weight is 186 g/mol. The van der Waals surface area contributed by atoms with Crippen LogP contribution in [0.25, 0.3) is 0 Å². The minimum Gasteiger partial charge on any atom is -0.396 e. The highest BCUT2D eigenvalue weighted by Gasteiger charge is 2.24. The molecule has 0 bridgehead atoms. The summed E-state index contributed by atoms with van der Waals surface area (Å²) in [6.45, 7) is 2.41. The maximum absolute atomic E-state index is 11.4. The number of amides is 1. The van der Waals surface area contributed by atoms with Crippen molar-refractivity contribution in [2.24, 2.45) is 11.7 Å². The Morgan fingerprint density at radius 3 is 2.92 bits per heavy atom. The van der Waals surface area contributed by atoms with Crippen LogP contribution in [-0.2, 0) is 4.79 Å². The first kappa shape index (κ1) is 10.5.